The van der Waals surface area contributed by atoms with Crippen molar-refractivity contribution in [2.24, 2.45) is 0 Å². The van der Waals surface area contributed by atoms with Crippen LogP contribution in [0.4, 0.5) is 0 Å². The number of carbonyl (C=O) groups is 2. The molecule has 1 rings (SSSR count). The monoisotopic (exact) mass is 274 g/mol. The number of rotatable bonds is 5. The molecule has 0 aliphatic heterocycles. The molecule has 17 heavy (non-hydrogen) atoms. The number of hydrogen-bond acceptors (Lipinski definition) is 4. The first-order valence-electron chi connectivity index (χ1n) is 4.72. The molecule has 1 aromatic carbocycles. The predicted molar refractivity (Wildman–Crippen MR) is 65.5 cm³/mol. The van der Waals surface area contributed by atoms with Gasteiger partial charge in [-0.05, 0) is 23.8 Å². The number of ether oxygens (including phenoxy) is 1. The van der Waals surface area contributed by atoms with Gasteiger partial charge in [0, 0.05) is 9.92 Å². The summed E-state index contributed by atoms with van der Waals surface area (Å²) < 4.78 is 4.57. The number of aliphatic carboxylic acids is 1. The van der Waals surface area contributed by atoms with Crippen LogP contribution >= 0.6 is 23.4 Å². The molecule has 0 saturated carbocycles. The number of carboxylic acid groups (broad SMARTS) is 1. The summed E-state index contributed by atoms with van der Waals surface area (Å²) in [5, 5.41) is 9.11. The molecule has 0 spiro atoms. The van der Waals surface area contributed by atoms with Gasteiger partial charge in [-0.15, -0.1) is 11.8 Å². The van der Waals surface area contributed by atoms with Crippen molar-refractivity contribution < 1.29 is 19.4 Å². The van der Waals surface area contributed by atoms with E-state index >= 15 is 0 Å². The summed E-state index contributed by atoms with van der Waals surface area (Å²) in [6.45, 7) is 0. The molecule has 0 fully saturated rings. The molecule has 0 aliphatic carbocycles. The molecule has 0 unspecified atom stereocenters. The quantitative estimate of drug-likeness (QED) is 0.659. The van der Waals surface area contributed by atoms with Crippen LogP contribution in [-0.2, 0) is 20.7 Å². The Hall–Kier alpha value is -1.20. The molecule has 4 nitrogen and oxygen atoms in total. The summed E-state index contributed by atoms with van der Waals surface area (Å²) >= 11 is 6.98. The van der Waals surface area contributed by atoms with Crippen molar-refractivity contribution in [3.63, 3.8) is 0 Å². The molecule has 6 heteroatoms. The van der Waals surface area contributed by atoms with Crippen LogP contribution in [-0.4, -0.2) is 29.9 Å². The predicted octanol–water partition coefficient (Wildman–Crippen LogP) is 2.23. The van der Waals surface area contributed by atoms with E-state index in [1.54, 1.807) is 18.2 Å². The topological polar surface area (TPSA) is 63.6 Å². The molecule has 0 saturated heterocycles. The van der Waals surface area contributed by atoms with Crippen molar-refractivity contribution in [2.45, 2.75) is 11.3 Å². The van der Waals surface area contributed by atoms with Crippen molar-refractivity contribution in [3.8, 4) is 0 Å². The van der Waals surface area contributed by atoms with Crippen LogP contribution in [0.3, 0.4) is 0 Å². The number of thioether (sulfide) groups is 1. The van der Waals surface area contributed by atoms with Crippen LogP contribution in [0.15, 0.2) is 23.1 Å². The molecule has 0 heterocycles. The highest BCUT2D eigenvalue weighted by molar-refractivity contribution is 8.00. The normalized spacial score (nSPS) is 10.0. The maximum atomic E-state index is 11.2. The molecule has 0 aliphatic rings. The summed E-state index contributed by atoms with van der Waals surface area (Å²) in [7, 11) is 1.30. The van der Waals surface area contributed by atoms with Gasteiger partial charge in [-0.3, -0.25) is 9.59 Å². The highest BCUT2D eigenvalue weighted by Crippen LogP contribution is 2.26. The Kier molecular flexibility index (Phi) is 5.31. The van der Waals surface area contributed by atoms with Crippen LogP contribution in [0.2, 0.25) is 5.02 Å². The first kappa shape index (κ1) is 13.9. The Labute approximate surface area is 108 Å². The molecular weight excluding hydrogens is 264 g/mol. The van der Waals surface area contributed by atoms with E-state index in [1.807, 2.05) is 0 Å². The van der Waals surface area contributed by atoms with Gasteiger partial charge < -0.3 is 9.84 Å². The maximum Gasteiger partial charge on any atom is 0.313 e. The van der Waals surface area contributed by atoms with Gasteiger partial charge in [0.05, 0.1) is 19.3 Å². The van der Waals surface area contributed by atoms with E-state index in [2.05, 4.69) is 4.74 Å². The lowest BCUT2D eigenvalue weighted by Crippen LogP contribution is -2.06. The maximum absolute atomic E-state index is 11.2. The fourth-order valence-corrected chi connectivity index (χ4v) is 2.15. The molecular formula is C11H11ClO4S. The Morgan fingerprint density at radius 2 is 2.18 bits per heavy atom. The third-order valence-corrected chi connectivity index (χ3v) is 3.27. The molecule has 0 bridgehead atoms. The highest BCUT2D eigenvalue weighted by Gasteiger charge is 2.10. The van der Waals surface area contributed by atoms with Crippen LogP contribution in [0, 0.1) is 0 Å². The number of carbonyl (C=O) groups excluding carboxylic acids is 1. The molecule has 92 valence electrons. The number of methoxy groups -OCH3 is 1. The molecule has 0 atom stereocenters. The zero-order valence-electron chi connectivity index (χ0n) is 9.10. The third-order valence-electron chi connectivity index (χ3n) is 1.94. The minimum Gasteiger partial charge on any atom is -0.481 e. The summed E-state index contributed by atoms with van der Waals surface area (Å²) in [4.78, 5) is 22.4. The Morgan fingerprint density at radius 3 is 2.76 bits per heavy atom. The standard InChI is InChI=1S/C11H11ClO4S/c1-16-11(15)5-7-4-8(12)2-3-9(7)17-6-10(13)14/h2-4H,5-6H2,1H3,(H,13,14). The number of hydrogen-bond donors (Lipinski definition) is 1. The molecule has 1 aromatic rings. The first-order valence-corrected chi connectivity index (χ1v) is 6.09. The summed E-state index contributed by atoms with van der Waals surface area (Å²) in [6, 6.07) is 5.00. The minimum absolute atomic E-state index is 0.0597. The van der Waals surface area contributed by atoms with Gasteiger partial charge in [-0.1, -0.05) is 11.6 Å². The van der Waals surface area contributed by atoms with E-state index in [0.29, 0.717) is 10.6 Å². The van der Waals surface area contributed by atoms with Crippen molar-refractivity contribution in [1.29, 1.82) is 0 Å². The van der Waals surface area contributed by atoms with E-state index in [4.69, 9.17) is 16.7 Å². The smallest absolute Gasteiger partial charge is 0.313 e. The Morgan fingerprint density at radius 1 is 1.47 bits per heavy atom. The van der Waals surface area contributed by atoms with E-state index in [-0.39, 0.29) is 18.1 Å². The second-order valence-corrected chi connectivity index (χ2v) is 4.64. The van der Waals surface area contributed by atoms with Crippen molar-refractivity contribution in [3.05, 3.63) is 28.8 Å². The fraction of sp³-hybridized carbons (Fsp3) is 0.273. The van der Waals surface area contributed by atoms with E-state index in [0.717, 1.165) is 16.7 Å². The zero-order valence-corrected chi connectivity index (χ0v) is 10.7. The molecule has 0 amide bonds. The van der Waals surface area contributed by atoms with Crippen LogP contribution in [0.1, 0.15) is 5.56 Å². The summed E-state index contributed by atoms with van der Waals surface area (Å²) in [5.74, 6) is -1.35. The summed E-state index contributed by atoms with van der Waals surface area (Å²) in [5.41, 5.74) is 0.676. The van der Waals surface area contributed by atoms with E-state index in [1.165, 1.54) is 7.11 Å². The Balaban J connectivity index is 2.87. The van der Waals surface area contributed by atoms with Gasteiger partial charge in [-0.2, -0.15) is 0 Å². The van der Waals surface area contributed by atoms with E-state index < -0.39 is 5.97 Å². The number of esters is 1. The number of halogens is 1. The first-order chi connectivity index (χ1) is 8.02. The second kappa shape index (κ2) is 6.51. The van der Waals surface area contributed by atoms with Gasteiger partial charge in [-0.25, -0.2) is 0 Å². The van der Waals surface area contributed by atoms with E-state index in [9.17, 15) is 9.59 Å². The van der Waals surface area contributed by atoms with Gasteiger partial charge in [0.1, 0.15) is 0 Å². The zero-order chi connectivity index (χ0) is 12.8. The molecule has 0 radical (unpaired) electrons. The van der Waals surface area contributed by atoms with Gasteiger partial charge >= 0.3 is 11.9 Å². The van der Waals surface area contributed by atoms with Crippen LogP contribution in [0.25, 0.3) is 0 Å². The number of carboxylic acids is 1. The second-order valence-electron chi connectivity index (χ2n) is 3.19. The average Bonchev–Trinajstić information content (AvgIpc) is 2.27. The molecule has 1 N–H and O–H groups in total. The van der Waals surface area contributed by atoms with Crippen LogP contribution in [0.5, 0.6) is 0 Å². The van der Waals surface area contributed by atoms with Gasteiger partial charge in [0.15, 0.2) is 0 Å². The fourth-order valence-electron chi connectivity index (χ4n) is 1.19. The average molecular weight is 275 g/mol. The van der Waals surface area contributed by atoms with Crippen LogP contribution < -0.4 is 0 Å². The largest absolute Gasteiger partial charge is 0.481 e. The minimum atomic E-state index is -0.908. The lowest BCUT2D eigenvalue weighted by atomic mass is 10.1. The van der Waals surface area contributed by atoms with Crippen molar-refractivity contribution in [1.82, 2.24) is 0 Å². The SMILES string of the molecule is COC(=O)Cc1cc(Cl)ccc1SCC(=O)O. The van der Waals surface area contributed by atoms with Crippen molar-refractivity contribution in [2.75, 3.05) is 12.9 Å². The lowest BCUT2D eigenvalue weighted by Gasteiger charge is -2.07. The van der Waals surface area contributed by atoms with Crippen molar-refractivity contribution >= 4 is 35.3 Å². The lowest BCUT2D eigenvalue weighted by molar-refractivity contribution is -0.139. The van der Waals surface area contributed by atoms with Gasteiger partial charge in [0.2, 0.25) is 0 Å². The Bertz CT molecular complexity index is 433. The summed E-state index contributed by atoms with van der Waals surface area (Å²) in [6.07, 6.45) is 0.0824. The van der Waals surface area contributed by atoms with Gasteiger partial charge in [0.25, 0.3) is 0 Å². The molecule has 0 aromatic heterocycles. The number of benzene rings is 1. The third kappa shape index (κ3) is 4.66. The highest BCUT2D eigenvalue weighted by atomic mass is 35.5.